The van der Waals surface area contributed by atoms with Crippen LogP contribution in [-0.2, 0) is 10.9 Å². The van der Waals surface area contributed by atoms with E-state index in [2.05, 4.69) is 15.3 Å². The van der Waals surface area contributed by atoms with Crippen molar-refractivity contribution >= 4 is 5.91 Å². The summed E-state index contributed by atoms with van der Waals surface area (Å²) in [6, 6.07) is 5.06. The zero-order chi connectivity index (χ0) is 21.8. The van der Waals surface area contributed by atoms with Gasteiger partial charge in [0.2, 0.25) is 0 Å². The number of nitrogens with zero attached hydrogens (tertiary/aromatic N) is 3. The van der Waals surface area contributed by atoms with Gasteiger partial charge in [-0.1, -0.05) is 6.07 Å². The Morgan fingerprint density at radius 2 is 1.97 bits per heavy atom. The number of carbonyl (C=O) groups excluding carboxylic acids is 1. The first-order valence-electron chi connectivity index (χ1n) is 10.8. The van der Waals surface area contributed by atoms with Gasteiger partial charge >= 0.3 is 6.18 Å². The van der Waals surface area contributed by atoms with Crippen molar-refractivity contribution in [1.29, 1.82) is 0 Å². The third-order valence-corrected chi connectivity index (χ3v) is 5.72. The number of ether oxygens (including phenoxy) is 1. The predicted octanol–water partition coefficient (Wildman–Crippen LogP) is 3.61. The average molecular weight is 436 g/mol. The summed E-state index contributed by atoms with van der Waals surface area (Å²) in [6.07, 6.45) is 0.708. The second-order valence-corrected chi connectivity index (χ2v) is 8.09. The second-order valence-electron chi connectivity index (χ2n) is 8.09. The molecule has 1 saturated heterocycles. The van der Waals surface area contributed by atoms with Crippen LogP contribution >= 0.6 is 0 Å². The lowest BCUT2D eigenvalue weighted by Gasteiger charge is -2.26. The van der Waals surface area contributed by atoms with Gasteiger partial charge in [0, 0.05) is 25.6 Å². The standard InChI is InChI=1S/C22H27F3N4O2/c23-22(24,25)17-4-3-5-18(14-17)29-20(16-6-7-16)19(15-27-29)21(30)26-8-1-2-9-28-10-12-31-13-11-28/h3-5,14-16H,1-2,6-13H2,(H,26,30). The number of nitrogens with one attached hydrogen (secondary N) is 1. The van der Waals surface area contributed by atoms with Crippen molar-refractivity contribution in [3.63, 3.8) is 0 Å². The Bertz CT molecular complexity index is 902. The fraction of sp³-hybridized carbons (Fsp3) is 0.545. The van der Waals surface area contributed by atoms with Gasteiger partial charge in [0.25, 0.3) is 5.91 Å². The zero-order valence-electron chi connectivity index (χ0n) is 17.3. The fourth-order valence-electron chi connectivity index (χ4n) is 3.88. The van der Waals surface area contributed by atoms with Gasteiger partial charge in [-0.2, -0.15) is 18.3 Å². The van der Waals surface area contributed by atoms with Crippen molar-refractivity contribution in [2.75, 3.05) is 39.4 Å². The highest BCUT2D eigenvalue weighted by molar-refractivity contribution is 5.95. The third-order valence-electron chi connectivity index (χ3n) is 5.72. The number of halogens is 3. The highest BCUT2D eigenvalue weighted by Crippen LogP contribution is 2.42. The van der Waals surface area contributed by atoms with Crippen LogP contribution in [0.1, 0.15) is 53.2 Å². The van der Waals surface area contributed by atoms with E-state index < -0.39 is 11.7 Å². The molecule has 1 N–H and O–H groups in total. The van der Waals surface area contributed by atoms with Crippen LogP contribution in [0.3, 0.4) is 0 Å². The van der Waals surface area contributed by atoms with E-state index in [9.17, 15) is 18.0 Å². The molecule has 1 aliphatic carbocycles. The minimum Gasteiger partial charge on any atom is -0.379 e. The lowest BCUT2D eigenvalue weighted by molar-refractivity contribution is -0.137. The molecule has 1 aromatic heterocycles. The van der Waals surface area contributed by atoms with E-state index in [1.165, 1.54) is 16.9 Å². The molecule has 2 fully saturated rings. The van der Waals surface area contributed by atoms with Crippen LogP contribution in [0.4, 0.5) is 13.2 Å². The maximum Gasteiger partial charge on any atom is 0.416 e. The molecule has 9 heteroatoms. The topological polar surface area (TPSA) is 59.4 Å². The molecule has 2 aromatic rings. The molecule has 4 rings (SSSR count). The predicted molar refractivity (Wildman–Crippen MR) is 109 cm³/mol. The number of alkyl halides is 3. The number of morpholine rings is 1. The van der Waals surface area contributed by atoms with Gasteiger partial charge in [-0.3, -0.25) is 9.69 Å². The molecule has 1 saturated carbocycles. The van der Waals surface area contributed by atoms with E-state index in [1.54, 1.807) is 6.07 Å². The molecule has 0 atom stereocenters. The van der Waals surface area contributed by atoms with Crippen molar-refractivity contribution in [2.24, 2.45) is 0 Å². The van der Waals surface area contributed by atoms with E-state index in [0.717, 1.165) is 70.7 Å². The summed E-state index contributed by atoms with van der Waals surface area (Å²) in [7, 11) is 0. The van der Waals surface area contributed by atoms with Crippen molar-refractivity contribution in [2.45, 2.75) is 37.8 Å². The Hall–Kier alpha value is -2.39. The maximum absolute atomic E-state index is 13.1. The van der Waals surface area contributed by atoms with Crippen LogP contribution in [0, 0.1) is 0 Å². The van der Waals surface area contributed by atoms with Crippen LogP contribution in [0.25, 0.3) is 5.69 Å². The quantitative estimate of drug-likeness (QED) is 0.643. The first kappa shape index (κ1) is 21.8. The SMILES string of the molecule is O=C(NCCCCN1CCOCC1)c1cnn(-c2cccc(C(F)(F)F)c2)c1C1CC1. The molecule has 31 heavy (non-hydrogen) atoms. The number of carbonyl (C=O) groups is 1. The monoisotopic (exact) mass is 436 g/mol. The average Bonchev–Trinajstić information content (AvgIpc) is 3.51. The summed E-state index contributed by atoms with van der Waals surface area (Å²) in [5.74, 6) is -0.0642. The molecule has 2 aliphatic rings. The van der Waals surface area contributed by atoms with Crippen molar-refractivity contribution in [1.82, 2.24) is 20.0 Å². The Kier molecular flexibility index (Phi) is 6.62. The van der Waals surface area contributed by atoms with Gasteiger partial charge in [0.05, 0.1) is 41.9 Å². The van der Waals surface area contributed by atoms with E-state index in [0.29, 0.717) is 23.5 Å². The highest BCUT2D eigenvalue weighted by atomic mass is 19.4. The summed E-state index contributed by atoms with van der Waals surface area (Å²) in [5, 5.41) is 7.21. The van der Waals surface area contributed by atoms with Gasteiger partial charge in [-0.05, 0) is 50.4 Å². The molecule has 1 aliphatic heterocycles. The lowest BCUT2D eigenvalue weighted by atomic mass is 10.1. The summed E-state index contributed by atoms with van der Waals surface area (Å²) in [6.45, 7) is 4.99. The molecule has 0 bridgehead atoms. The fourth-order valence-corrected chi connectivity index (χ4v) is 3.88. The van der Waals surface area contributed by atoms with Crippen LogP contribution < -0.4 is 5.32 Å². The van der Waals surface area contributed by atoms with Crippen LogP contribution in [0.2, 0.25) is 0 Å². The van der Waals surface area contributed by atoms with Crippen LogP contribution in [-0.4, -0.2) is 60.0 Å². The van der Waals surface area contributed by atoms with Crippen molar-refractivity contribution in [3.8, 4) is 5.69 Å². The summed E-state index contributed by atoms with van der Waals surface area (Å²) >= 11 is 0. The number of aromatic nitrogens is 2. The van der Waals surface area contributed by atoms with Gasteiger partial charge in [0.15, 0.2) is 0 Å². The summed E-state index contributed by atoms with van der Waals surface area (Å²) in [4.78, 5) is 15.1. The van der Waals surface area contributed by atoms with Gasteiger partial charge in [0.1, 0.15) is 0 Å². The third kappa shape index (κ3) is 5.46. The molecular formula is C22H27F3N4O2. The molecule has 0 unspecified atom stereocenters. The Labute approximate surface area is 179 Å². The van der Waals surface area contributed by atoms with E-state index in [4.69, 9.17) is 4.74 Å². The van der Waals surface area contributed by atoms with E-state index >= 15 is 0 Å². The van der Waals surface area contributed by atoms with Gasteiger partial charge in [-0.25, -0.2) is 4.68 Å². The van der Waals surface area contributed by atoms with E-state index in [1.807, 2.05) is 0 Å². The minimum atomic E-state index is -4.43. The normalized spacial score (nSPS) is 17.6. The molecule has 0 spiro atoms. The smallest absolute Gasteiger partial charge is 0.379 e. The minimum absolute atomic E-state index is 0.152. The number of amides is 1. The molecule has 168 valence electrons. The zero-order valence-corrected chi connectivity index (χ0v) is 17.3. The molecule has 2 heterocycles. The number of unbranched alkanes of at least 4 members (excludes halogenated alkanes) is 1. The van der Waals surface area contributed by atoms with Gasteiger partial charge < -0.3 is 10.1 Å². The van der Waals surface area contributed by atoms with Crippen molar-refractivity contribution < 1.29 is 22.7 Å². The van der Waals surface area contributed by atoms with E-state index in [-0.39, 0.29) is 11.8 Å². The second kappa shape index (κ2) is 9.40. The molecular weight excluding hydrogens is 409 g/mol. The van der Waals surface area contributed by atoms with Crippen LogP contribution in [0.5, 0.6) is 0 Å². The first-order chi connectivity index (χ1) is 14.9. The number of benzene rings is 1. The molecule has 1 aromatic carbocycles. The van der Waals surface area contributed by atoms with Crippen LogP contribution in [0.15, 0.2) is 30.5 Å². The number of hydrogen-bond acceptors (Lipinski definition) is 4. The largest absolute Gasteiger partial charge is 0.416 e. The summed E-state index contributed by atoms with van der Waals surface area (Å²) in [5.41, 5.74) is 0.744. The molecule has 1 amide bonds. The maximum atomic E-state index is 13.1. The Balaban J connectivity index is 1.39. The molecule has 0 radical (unpaired) electrons. The summed E-state index contributed by atoms with van der Waals surface area (Å²) < 4.78 is 46.1. The Morgan fingerprint density at radius 1 is 1.19 bits per heavy atom. The van der Waals surface area contributed by atoms with Gasteiger partial charge in [-0.15, -0.1) is 0 Å². The first-order valence-corrected chi connectivity index (χ1v) is 10.8. The number of hydrogen-bond donors (Lipinski definition) is 1. The Morgan fingerprint density at radius 3 is 2.68 bits per heavy atom. The number of rotatable bonds is 8. The lowest BCUT2D eigenvalue weighted by Crippen LogP contribution is -2.37. The van der Waals surface area contributed by atoms with Crippen molar-refractivity contribution in [3.05, 3.63) is 47.3 Å². The molecule has 6 nitrogen and oxygen atoms in total. The highest BCUT2D eigenvalue weighted by Gasteiger charge is 2.34.